The lowest BCUT2D eigenvalue weighted by Crippen LogP contribution is -2.40. The van der Waals surface area contributed by atoms with E-state index >= 15 is 0 Å². The number of benzene rings is 2. The van der Waals surface area contributed by atoms with Gasteiger partial charge in [0, 0.05) is 43.0 Å². The zero-order valence-electron chi connectivity index (χ0n) is 15.9. The number of aromatic amines is 1. The minimum Gasteiger partial charge on any atom is -0.357 e. The number of amides is 2. The summed E-state index contributed by atoms with van der Waals surface area (Å²) in [5, 5.41) is 2.91. The van der Waals surface area contributed by atoms with E-state index in [4.69, 9.17) is 0 Å². The molecule has 0 radical (unpaired) electrons. The van der Waals surface area contributed by atoms with Crippen molar-refractivity contribution in [3.05, 3.63) is 65.9 Å². The zero-order chi connectivity index (χ0) is 19.5. The smallest absolute Gasteiger partial charge is 0.239 e. The van der Waals surface area contributed by atoms with Crippen molar-refractivity contribution in [2.45, 2.75) is 25.8 Å². The van der Waals surface area contributed by atoms with Gasteiger partial charge in [0.25, 0.3) is 0 Å². The second-order valence-corrected chi connectivity index (χ2v) is 7.12. The number of hydrogen-bond acceptors (Lipinski definition) is 3. The molecule has 1 aliphatic heterocycles. The average Bonchev–Trinajstić information content (AvgIpc) is 3.10. The maximum Gasteiger partial charge on any atom is 0.239 e. The van der Waals surface area contributed by atoms with Gasteiger partial charge in [-0.05, 0) is 30.2 Å². The standard InChI is InChI=1S/C22H24N4O2/c1-25(16-7-3-2-4-8-16)24-21(27)11-12-22(28)26-14-13-18-17-9-5-6-10-19(17)23-20(18)15-26/h2-10,23H,11-15H2,1H3,(H,24,27). The van der Waals surface area contributed by atoms with Crippen molar-refractivity contribution in [1.82, 2.24) is 15.3 Å². The van der Waals surface area contributed by atoms with Crippen LogP contribution in [0.5, 0.6) is 0 Å². The van der Waals surface area contributed by atoms with Gasteiger partial charge in [-0.3, -0.25) is 20.0 Å². The van der Waals surface area contributed by atoms with Gasteiger partial charge in [0.15, 0.2) is 0 Å². The number of nitrogens with one attached hydrogen (secondary N) is 2. The van der Waals surface area contributed by atoms with Crippen LogP contribution in [0, 0.1) is 0 Å². The summed E-state index contributed by atoms with van der Waals surface area (Å²) in [6.45, 7) is 1.27. The van der Waals surface area contributed by atoms with Gasteiger partial charge in [-0.1, -0.05) is 36.4 Å². The first kappa shape index (κ1) is 18.1. The van der Waals surface area contributed by atoms with E-state index < -0.39 is 0 Å². The molecule has 0 unspecified atom stereocenters. The van der Waals surface area contributed by atoms with Gasteiger partial charge >= 0.3 is 0 Å². The number of carbonyl (C=O) groups excluding carboxylic acids is 2. The van der Waals surface area contributed by atoms with Crippen LogP contribution in [0.15, 0.2) is 54.6 Å². The zero-order valence-corrected chi connectivity index (χ0v) is 15.9. The monoisotopic (exact) mass is 376 g/mol. The van der Waals surface area contributed by atoms with E-state index in [1.165, 1.54) is 10.9 Å². The minimum absolute atomic E-state index is 0.0156. The maximum absolute atomic E-state index is 12.6. The number of para-hydroxylation sites is 2. The Labute approximate surface area is 164 Å². The number of hydrogen-bond donors (Lipinski definition) is 2. The molecule has 28 heavy (non-hydrogen) atoms. The number of fused-ring (bicyclic) bond motifs is 3. The summed E-state index contributed by atoms with van der Waals surface area (Å²) in [6, 6.07) is 17.8. The number of carbonyl (C=O) groups is 2. The highest BCUT2D eigenvalue weighted by atomic mass is 16.2. The molecule has 0 fully saturated rings. The molecular formula is C22H24N4O2. The lowest BCUT2D eigenvalue weighted by molar-refractivity contribution is -0.134. The number of rotatable bonds is 5. The Morgan fingerprint density at radius 1 is 1.07 bits per heavy atom. The van der Waals surface area contributed by atoms with E-state index in [-0.39, 0.29) is 24.7 Å². The first-order chi connectivity index (χ1) is 13.6. The predicted octanol–water partition coefficient (Wildman–Crippen LogP) is 3.00. The molecule has 0 bridgehead atoms. The average molecular weight is 376 g/mol. The molecule has 0 spiro atoms. The Balaban J connectivity index is 1.31. The van der Waals surface area contributed by atoms with Gasteiger partial charge < -0.3 is 9.88 Å². The SMILES string of the molecule is CN(NC(=O)CCC(=O)N1CCc2c([nH]c3ccccc23)C1)c1ccccc1. The van der Waals surface area contributed by atoms with Crippen LogP contribution < -0.4 is 10.4 Å². The fourth-order valence-electron chi connectivity index (χ4n) is 3.74. The molecule has 6 heteroatoms. The Kier molecular flexibility index (Phi) is 5.02. The molecule has 2 aromatic carbocycles. The van der Waals surface area contributed by atoms with Crippen molar-refractivity contribution >= 4 is 28.4 Å². The van der Waals surface area contributed by atoms with E-state index in [0.717, 1.165) is 23.3 Å². The number of aromatic nitrogens is 1. The van der Waals surface area contributed by atoms with Crippen LogP contribution in [0.1, 0.15) is 24.1 Å². The van der Waals surface area contributed by atoms with Gasteiger partial charge in [-0.15, -0.1) is 0 Å². The summed E-state index contributed by atoms with van der Waals surface area (Å²) in [5.41, 5.74) is 7.23. The molecule has 1 aliphatic rings. The predicted molar refractivity (Wildman–Crippen MR) is 110 cm³/mol. The number of anilines is 1. The largest absolute Gasteiger partial charge is 0.357 e. The van der Waals surface area contributed by atoms with Crippen LogP contribution in [0.25, 0.3) is 10.9 Å². The lowest BCUT2D eigenvalue weighted by Gasteiger charge is -2.27. The van der Waals surface area contributed by atoms with Crippen molar-refractivity contribution < 1.29 is 9.59 Å². The Morgan fingerprint density at radius 2 is 1.82 bits per heavy atom. The van der Waals surface area contributed by atoms with Gasteiger partial charge in [0.1, 0.15) is 0 Å². The van der Waals surface area contributed by atoms with Gasteiger partial charge in [0.2, 0.25) is 11.8 Å². The molecule has 4 rings (SSSR count). The summed E-state index contributed by atoms with van der Waals surface area (Å²) >= 11 is 0. The molecule has 144 valence electrons. The lowest BCUT2D eigenvalue weighted by atomic mass is 10.0. The number of H-pyrrole nitrogens is 1. The summed E-state index contributed by atoms with van der Waals surface area (Å²) in [6.07, 6.45) is 1.23. The molecule has 1 aromatic heterocycles. The summed E-state index contributed by atoms with van der Waals surface area (Å²) in [4.78, 5) is 30.1. The van der Waals surface area contributed by atoms with Crippen LogP contribution in [-0.4, -0.2) is 35.3 Å². The highest BCUT2D eigenvalue weighted by Crippen LogP contribution is 2.27. The minimum atomic E-state index is -0.164. The van der Waals surface area contributed by atoms with E-state index in [0.29, 0.717) is 13.1 Å². The molecular weight excluding hydrogens is 352 g/mol. The summed E-state index contributed by atoms with van der Waals surface area (Å²) in [5.74, 6) is -0.148. The van der Waals surface area contributed by atoms with Crippen LogP contribution in [0.3, 0.4) is 0 Å². The molecule has 6 nitrogen and oxygen atoms in total. The first-order valence-corrected chi connectivity index (χ1v) is 9.56. The molecule has 3 aromatic rings. The second-order valence-electron chi connectivity index (χ2n) is 7.12. The number of hydrazine groups is 1. The summed E-state index contributed by atoms with van der Waals surface area (Å²) < 4.78 is 0. The van der Waals surface area contributed by atoms with Gasteiger partial charge in [0.05, 0.1) is 12.2 Å². The quantitative estimate of drug-likeness (QED) is 0.673. The fraction of sp³-hybridized carbons (Fsp3) is 0.273. The molecule has 0 saturated heterocycles. The van der Waals surface area contributed by atoms with E-state index in [9.17, 15) is 9.59 Å². The van der Waals surface area contributed by atoms with Crippen molar-refractivity contribution in [2.75, 3.05) is 18.6 Å². The third-order valence-electron chi connectivity index (χ3n) is 5.24. The third kappa shape index (κ3) is 3.71. The van der Waals surface area contributed by atoms with Crippen molar-refractivity contribution in [3.63, 3.8) is 0 Å². The molecule has 0 aliphatic carbocycles. The van der Waals surface area contributed by atoms with E-state index in [1.54, 1.807) is 12.1 Å². The second kappa shape index (κ2) is 7.76. The third-order valence-corrected chi connectivity index (χ3v) is 5.24. The number of nitrogens with zero attached hydrogens (tertiary/aromatic N) is 2. The molecule has 2 heterocycles. The molecule has 2 N–H and O–H groups in total. The Morgan fingerprint density at radius 3 is 2.64 bits per heavy atom. The van der Waals surface area contributed by atoms with Crippen LogP contribution in [-0.2, 0) is 22.6 Å². The van der Waals surface area contributed by atoms with Crippen molar-refractivity contribution in [3.8, 4) is 0 Å². The van der Waals surface area contributed by atoms with Crippen LogP contribution in [0.4, 0.5) is 5.69 Å². The normalized spacial score (nSPS) is 13.2. The van der Waals surface area contributed by atoms with E-state index in [2.05, 4.69) is 22.5 Å². The van der Waals surface area contributed by atoms with Crippen LogP contribution in [0.2, 0.25) is 0 Å². The Bertz CT molecular complexity index is 996. The van der Waals surface area contributed by atoms with E-state index in [1.807, 2.05) is 47.4 Å². The van der Waals surface area contributed by atoms with Crippen LogP contribution >= 0.6 is 0 Å². The van der Waals surface area contributed by atoms with Crippen molar-refractivity contribution in [1.29, 1.82) is 0 Å². The topological polar surface area (TPSA) is 68.4 Å². The maximum atomic E-state index is 12.6. The fourth-order valence-corrected chi connectivity index (χ4v) is 3.74. The van der Waals surface area contributed by atoms with Gasteiger partial charge in [-0.25, -0.2) is 0 Å². The molecule has 0 saturated carbocycles. The van der Waals surface area contributed by atoms with Gasteiger partial charge in [-0.2, -0.15) is 0 Å². The highest BCUT2D eigenvalue weighted by molar-refractivity contribution is 5.87. The molecule has 0 atom stereocenters. The summed E-state index contributed by atoms with van der Waals surface area (Å²) in [7, 11) is 1.79. The van der Waals surface area contributed by atoms with Crippen molar-refractivity contribution in [2.24, 2.45) is 0 Å². The Hall–Kier alpha value is -3.28. The molecule has 2 amide bonds. The first-order valence-electron chi connectivity index (χ1n) is 9.56. The highest BCUT2D eigenvalue weighted by Gasteiger charge is 2.24.